The minimum absolute atomic E-state index is 0.106. The standard InChI is InChI=1S/C14H16N2/c1-14(2,3)12-9-15-13(16-10-12)11-7-5-4-6-8-11/h4-10H,1-3H3. The molecule has 2 heteroatoms. The van der Waals surface area contributed by atoms with Crippen LogP contribution >= 0.6 is 0 Å². The van der Waals surface area contributed by atoms with Crippen molar-refractivity contribution in [3.8, 4) is 11.4 Å². The van der Waals surface area contributed by atoms with Gasteiger partial charge in [-0.2, -0.15) is 0 Å². The van der Waals surface area contributed by atoms with E-state index in [9.17, 15) is 0 Å². The Labute approximate surface area is 96.4 Å². The third-order valence-corrected chi connectivity index (χ3v) is 2.55. The van der Waals surface area contributed by atoms with Gasteiger partial charge in [-0.1, -0.05) is 51.1 Å². The Morgan fingerprint density at radius 2 is 1.44 bits per heavy atom. The highest BCUT2D eigenvalue weighted by Gasteiger charge is 2.14. The Bertz CT molecular complexity index is 452. The van der Waals surface area contributed by atoms with Crippen LogP contribution < -0.4 is 0 Å². The van der Waals surface area contributed by atoms with E-state index in [0.717, 1.165) is 17.0 Å². The monoisotopic (exact) mass is 212 g/mol. The zero-order valence-electron chi connectivity index (χ0n) is 9.94. The first-order chi connectivity index (χ1) is 7.57. The number of nitrogens with zero attached hydrogens (tertiary/aromatic N) is 2. The van der Waals surface area contributed by atoms with Crippen molar-refractivity contribution in [1.29, 1.82) is 0 Å². The highest BCUT2D eigenvalue weighted by Crippen LogP contribution is 2.21. The molecule has 0 fully saturated rings. The van der Waals surface area contributed by atoms with Crippen LogP contribution in [0.4, 0.5) is 0 Å². The molecule has 1 aromatic heterocycles. The summed E-state index contributed by atoms with van der Waals surface area (Å²) in [6, 6.07) is 10.0. The number of aromatic nitrogens is 2. The van der Waals surface area contributed by atoms with Gasteiger partial charge in [0.05, 0.1) is 0 Å². The predicted molar refractivity (Wildman–Crippen MR) is 66.2 cm³/mol. The summed E-state index contributed by atoms with van der Waals surface area (Å²) in [5, 5.41) is 0. The maximum Gasteiger partial charge on any atom is 0.159 e. The number of hydrogen-bond donors (Lipinski definition) is 0. The van der Waals surface area contributed by atoms with Crippen molar-refractivity contribution in [3.05, 3.63) is 48.3 Å². The van der Waals surface area contributed by atoms with Gasteiger partial charge in [-0.25, -0.2) is 9.97 Å². The molecule has 0 spiro atoms. The molecule has 2 nitrogen and oxygen atoms in total. The second kappa shape index (κ2) is 4.05. The second-order valence-corrected chi connectivity index (χ2v) is 4.91. The molecule has 0 N–H and O–H groups in total. The molecular weight excluding hydrogens is 196 g/mol. The van der Waals surface area contributed by atoms with E-state index < -0.39 is 0 Å². The minimum atomic E-state index is 0.106. The maximum atomic E-state index is 4.40. The molecule has 0 radical (unpaired) electrons. The van der Waals surface area contributed by atoms with E-state index in [1.54, 1.807) is 0 Å². The molecule has 0 atom stereocenters. The predicted octanol–water partition coefficient (Wildman–Crippen LogP) is 3.44. The van der Waals surface area contributed by atoms with Crippen molar-refractivity contribution in [2.45, 2.75) is 26.2 Å². The van der Waals surface area contributed by atoms with E-state index in [1.165, 1.54) is 0 Å². The summed E-state index contributed by atoms with van der Waals surface area (Å²) in [5.74, 6) is 0.786. The summed E-state index contributed by atoms with van der Waals surface area (Å²) >= 11 is 0. The maximum absolute atomic E-state index is 4.40. The van der Waals surface area contributed by atoms with E-state index in [2.05, 4.69) is 30.7 Å². The van der Waals surface area contributed by atoms with E-state index in [-0.39, 0.29) is 5.41 Å². The van der Waals surface area contributed by atoms with Crippen molar-refractivity contribution in [2.75, 3.05) is 0 Å². The average Bonchev–Trinajstić information content (AvgIpc) is 2.29. The van der Waals surface area contributed by atoms with Crippen LogP contribution in [0.15, 0.2) is 42.7 Å². The lowest BCUT2D eigenvalue weighted by atomic mass is 9.89. The van der Waals surface area contributed by atoms with E-state index in [0.29, 0.717) is 0 Å². The van der Waals surface area contributed by atoms with Crippen LogP contribution in [0.25, 0.3) is 11.4 Å². The average molecular weight is 212 g/mol. The Hall–Kier alpha value is -1.70. The summed E-state index contributed by atoms with van der Waals surface area (Å²) in [6.45, 7) is 6.48. The summed E-state index contributed by atoms with van der Waals surface area (Å²) in [7, 11) is 0. The van der Waals surface area contributed by atoms with E-state index in [1.807, 2.05) is 42.7 Å². The fourth-order valence-electron chi connectivity index (χ4n) is 1.45. The topological polar surface area (TPSA) is 25.8 Å². The highest BCUT2D eigenvalue weighted by atomic mass is 14.9. The van der Waals surface area contributed by atoms with Crippen molar-refractivity contribution < 1.29 is 0 Å². The first-order valence-electron chi connectivity index (χ1n) is 5.45. The van der Waals surface area contributed by atoms with Gasteiger partial charge in [-0.05, 0) is 11.0 Å². The van der Waals surface area contributed by atoms with Crippen molar-refractivity contribution >= 4 is 0 Å². The Morgan fingerprint density at radius 1 is 0.875 bits per heavy atom. The molecule has 0 aliphatic heterocycles. The first-order valence-corrected chi connectivity index (χ1v) is 5.45. The number of hydrogen-bond acceptors (Lipinski definition) is 2. The van der Waals surface area contributed by atoms with Crippen molar-refractivity contribution in [3.63, 3.8) is 0 Å². The second-order valence-electron chi connectivity index (χ2n) is 4.91. The lowest BCUT2D eigenvalue weighted by Crippen LogP contribution is -2.12. The molecule has 0 bridgehead atoms. The summed E-state index contributed by atoms with van der Waals surface area (Å²) < 4.78 is 0. The van der Waals surface area contributed by atoms with Crippen LogP contribution in [0.1, 0.15) is 26.3 Å². The molecule has 2 aromatic rings. The zero-order chi connectivity index (χ0) is 11.6. The van der Waals surface area contributed by atoms with Gasteiger partial charge >= 0.3 is 0 Å². The molecule has 0 aliphatic carbocycles. The van der Waals surface area contributed by atoms with Gasteiger partial charge in [0, 0.05) is 18.0 Å². The van der Waals surface area contributed by atoms with Crippen molar-refractivity contribution in [1.82, 2.24) is 9.97 Å². The van der Waals surface area contributed by atoms with Crippen LogP contribution in [0.3, 0.4) is 0 Å². The molecule has 16 heavy (non-hydrogen) atoms. The number of benzene rings is 1. The molecule has 2 rings (SSSR count). The van der Waals surface area contributed by atoms with Gasteiger partial charge < -0.3 is 0 Å². The molecule has 1 aromatic carbocycles. The van der Waals surface area contributed by atoms with Gasteiger partial charge in [-0.15, -0.1) is 0 Å². The molecular formula is C14H16N2. The van der Waals surface area contributed by atoms with Crippen LogP contribution in [0.5, 0.6) is 0 Å². The smallest absolute Gasteiger partial charge is 0.159 e. The van der Waals surface area contributed by atoms with Crippen LogP contribution in [0, 0.1) is 0 Å². The summed E-state index contributed by atoms with van der Waals surface area (Å²) in [6.07, 6.45) is 3.82. The van der Waals surface area contributed by atoms with E-state index in [4.69, 9.17) is 0 Å². The lowest BCUT2D eigenvalue weighted by molar-refractivity contribution is 0.584. The third-order valence-electron chi connectivity index (χ3n) is 2.55. The van der Waals surface area contributed by atoms with E-state index >= 15 is 0 Å². The molecule has 0 amide bonds. The molecule has 0 saturated heterocycles. The molecule has 0 saturated carbocycles. The van der Waals surface area contributed by atoms with Crippen LogP contribution in [0.2, 0.25) is 0 Å². The Balaban J connectivity index is 2.34. The van der Waals surface area contributed by atoms with Crippen LogP contribution in [-0.2, 0) is 5.41 Å². The first kappa shape index (κ1) is 10.8. The number of rotatable bonds is 1. The molecule has 0 unspecified atom stereocenters. The Kier molecular flexibility index (Phi) is 2.73. The van der Waals surface area contributed by atoms with Gasteiger partial charge in [0.1, 0.15) is 0 Å². The van der Waals surface area contributed by atoms with Gasteiger partial charge in [0.2, 0.25) is 0 Å². The minimum Gasteiger partial charge on any atom is -0.236 e. The largest absolute Gasteiger partial charge is 0.236 e. The van der Waals surface area contributed by atoms with Gasteiger partial charge in [-0.3, -0.25) is 0 Å². The fourth-order valence-corrected chi connectivity index (χ4v) is 1.45. The molecule has 1 heterocycles. The molecule has 0 aliphatic rings. The summed E-state index contributed by atoms with van der Waals surface area (Å²) in [4.78, 5) is 8.81. The van der Waals surface area contributed by atoms with Crippen LogP contribution in [-0.4, -0.2) is 9.97 Å². The zero-order valence-corrected chi connectivity index (χ0v) is 9.94. The normalized spacial score (nSPS) is 11.4. The van der Waals surface area contributed by atoms with Crippen molar-refractivity contribution in [2.24, 2.45) is 0 Å². The fraction of sp³-hybridized carbons (Fsp3) is 0.286. The quantitative estimate of drug-likeness (QED) is 0.723. The van der Waals surface area contributed by atoms with Gasteiger partial charge in [0.25, 0.3) is 0 Å². The lowest BCUT2D eigenvalue weighted by Gasteiger charge is -2.17. The Morgan fingerprint density at radius 3 is 1.94 bits per heavy atom. The SMILES string of the molecule is CC(C)(C)c1cnc(-c2ccccc2)nc1. The van der Waals surface area contributed by atoms with Gasteiger partial charge in [0.15, 0.2) is 5.82 Å². The molecule has 82 valence electrons. The highest BCUT2D eigenvalue weighted by molar-refractivity contribution is 5.54. The third kappa shape index (κ3) is 2.27. The summed E-state index contributed by atoms with van der Waals surface area (Å²) in [5.41, 5.74) is 2.32.